The number of aromatic nitrogens is 3. The van der Waals surface area contributed by atoms with E-state index in [2.05, 4.69) is 15.5 Å². The lowest BCUT2D eigenvalue weighted by molar-refractivity contribution is -0.125. The van der Waals surface area contributed by atoms with Crippen LogP contribution in [0.1, 0.15) is 23.9 Å². The van der Waals surface area contributed by atoms with Gasteiger partial charge in [-0.25, -0.2) is 9.89 Å². The molecule has 0 radical (unpaired) electrons. The summed E-state index contributed by atoms with van der Waals surface area (Å²) in [7, 11) is 1.61. The van der Waals surface area contributed by atoms with Gasteiger partial charge in [-0.2, -0.15) is 5.10 Å². The lowest BCUT2D eigenvalue weighted by Crippen LogP contribution is -2.32. The van der Waals surface area contributed by atoms with E-state index in [4.69, 9.17) is 9.47 Å². The van der Waals surface area contributed by atoms with Crippen molar-refractivity contribution in [2.24, 2.45) is 0 Å². The number of hydrogen-bond donors (Lipinski definition) is 2. The van der Waals surface area contributed by atoms with Gasteiger partial charge >= 0.3 is 5.69 Å². The van der Waals surface area contributed by atoms with Crippen molar-refractivity contribution >= 4 is 5.91 Å². The molecule has 1 aromatic carbocycles. The minimum Gasteiger partial charge on any atom is -0.497 e. The molecule has 0 spiro atoms. The van der Waals surface area contributed by atoms with E-state index < -0.39 is 6.10 Å². The molecule has 1 aromatic heterocycles. The second-order valence-electron chi connectivity index (χ2n) is 5.23. The maximum atomic E-state index is 12.1. The number of benzene rings is 1. The third kappa shape index (κ3) is 3.42. The Labute approximate surface area is 132 Å². The van der Waals surface area contributed by atoms with Crippen molar-refractivity contribution in [3.8, 4) is 5.75 Å². The molecule has 0 fully saturated rings. The lowest BCUT2D eigenvalue weighted by Gasteiger charge is -2.22. The Kier molecular flexibility index (Phi) is 4.42. The van der Waals surface area contributed by atoms with Crippen molar-refractivity contribution in [3.63, 3.8) is 0 Å². The standard InChI is InChI=1S/C15H18N4O4/c1-22-11-4-2-10(3-5-11)9-16-13(20)8-12-14-17-18-15(21)19(14)6-7-23-12/h2-5,12H,6-9H2,1H3,(H,16,20)(H,18,21). The van der Waals surface area contributed by atoms with Crippen LogP contribution in [0.4, 0.5) is 0 Å². The number of methoxy groups -OCH3 is 1. The first-order chi connectivity index (χ1) is 11.2. The van der Waals surface area contributed by atoms with Gasteiger partial charge in [0.05, 0.1) is 26.7 Å². The molecule has 2 aromatic rings. The zero-order valence-corrected chi connectivity index (χ0v) is 12.7. The van der Waals surface area contributed by atoms with E-state index in [0.717, 1.165) is 11.3 Å². The second-order valence-corrected chi connectivity index (χ2v) is 5.23. The predicted molar refractivity (Wildman–Crippen MR) is 81.0 cm³/mol. The summed E-state index contributed by atoms with van der Waals surface area (Å²) in [5.41, 5.74) is 0.701. The van der Waals surface area contributed by atoms with Gasteiger partial charge in [-0.05, 0) is 17.7 Å². The average Bonchev–Trinajstić information content (AvgIpc) is 2.96. The van der Waals surface area contributed by atoms with E-state index in [1.54, 1.807) is 7.11 Å². The van der Waals surface area contributed by atoms with E-state index >= 15 is 0 Å². The molecular weight excluding hydrogens is 300 g/mol. The molecule has 0 bridgehead atoms. The summed E-state index contributed by atoms with van der Waals surface area (Å²) in [5, 5.41) is 9.16. The molecule has 8 nitrogen and oxygen atoms in total. The molecule has 1 aliphatic heterocycles. The number of carbonyl (C=O) groups is 1. The van der Waals surface area contributed by atoms with Crippen molar-refractivity contribution in [3.05, 3.63) is 46.1 Å². The number of carbonyl (C=O) groups excluding carboxylic acids is 1. The fourth-order valence-corrected chi connectivity index (χ4v) is 2.49. The highest BCUT2D eigenvalue weighted by atomic mass is 16.5. The number of ether oxygens (including phenoxy) is 2. The Morgan fingerprint density at radius 1 is 1.48 bits per heavy atom. The first-order valence-electron chi connectivity index (χ1n) is 7.33. The largest absolute Gasteiger partial charge is 0.497 e. The Morgan fingerprint density at radius 2 is 2.26 bits per heavy atom. The third-order valence-corrected chi connectivity index (χ3v) is 3.73. The molecule has 0 saturated carbocycles. The number of H-pyrrole nitrogens is 1. The van der Waals surface area contributed by atoms with Crippen LogP contribution in [0.25, 0.3) is 0 Å². The zero-order chi connectivity index (χ0) is 16.2. The molecule has 8 heteroatoms. The molecule has 0 aliphatic carbocycles. The first-order valence-corrected chi connectivity index (χ1v) is 7.33. The highest BCUT2D eigenvalue weighted by Gasteiger charge is 2.26. The highest BCUT2D eigenvalue weighted by molar-refractivity contribution is 5.76. The lowest BCUT2D eigenvalue weighted by atomic mass is 10.2. The van der Waals surface area contributed by atoms with Crippen LogP contribution in [0.5, 0.6) is 5.75 Å². The summed E-state index contributed by atoms with van der Waals surface area (Å²) < 4.78 is 12.1. The number of rotatable bonds is 5. The topological polar surface area (TPSA) is 98.2 Å². The quantitative estimate of drug-likeness (QED) is 0.829. The number of fused-ring (bicyclic) bond motifs is 1. The minimum atomic E-state index is -0.501. The second kappa shape index (κ2) is 6.66. The van der Waals surface area contributed by atoms with Crippen LogP contribution >= 0.6 is 0 Å². The van der Waals surface area contributed by atoms with Gasteiger partial charge in [-0.3, -0.25) is 9.36 Å². The van der Waals surface area contributed by atoms with Crippen molar-refractivity contribution in [2.75, 3.05) is 13.7 Å². The molecule has 2 heterocycles. The Morgan fingerprint density at radius 3 is 3.00 bits per heavy atom. The van der Waals surface area contributed by atoms with Crippen molar-refractivity contribution < 1.29 is 14.3 Å². The molecule has 2 N–H and O–H groups in total. The summed E-state index contributed by atoms with van der Waals surface area (Å²) in [6.07, 6.45) is -0.376. The molecule has 122 valence electrons. The number of amides is 1. The van der Waals surface area contributed by atoms with Gasteiger partial charge in [0, 0.05) is 6.54 Å². The van der Waals surface area contributed by atoms with Crippen molar-refractivity contribution in [2.45, 2.75) is 25.6 Å². The average molecular weight is 318 g/mol. The van der Waals surface area contributed by atoms with Crippen LogP contribution in [0.15, 0.2) is 29.1 Å². The van der Waals surface area contributed by atoms with Gasteiger partial charge in [0.15, 0.2) is 5.82 Å². The third-order valence-electron chi connectivity index (χ3n) is 3.73. The van der Waals surface area contributed by atoms with Crippen LogP contribution in [-0.4, -0.2) is 34.4 Å². The highest BCUT2D eigenvalue weighted by Crippen LogP contribution is 2.21. The Balaban J connectivity index is 1.56. The van der Waals surface area contributed by atoms with Gasteiger partial charge in [0.25, 0.3) is 0 Å². The monoisotopic (exact) mass is 318 g/mol. The summed E-state index contributed by atoms with van der Waals surface area (Å²) >= 11 is 0. The summed E-state index contributed by atoms with van der Waals surface area (Å²) in [5.74, 6) is 1.09. The summed E-state index contributed by atoms with van der Waals surface area (Å²) in [6.45, 7) is 1.26. The number of nitrogens with zero attached hydrogens (tertiary/aromatic N) is 2. The molecule has 1 amide bonds. The molecule has 0 saturated heterocycles. The predicted octanol–water partition coefficient (Wildman–Crippen LogP) is 0.358. The summed E-state index contributed by atoms with van der Waals surface area (Å²) in [6, 6.07) is 7.46. The number of hydrogen-bond acceptors (Lipinski definition) is 5. The number of aromatic amines is 1. The summed E-state index contributed by atoms with van der Waals surface area (Å²) in [4.78, 5) is 23.6. The van der Waals surface area contributed by atoms with Crippen LogP contribution in [0.3, 0.4) is 0 Å². The zero-order valence-electron chi connectivity index (χ0n) is 12.7. The smallest absolute Gasteiger partial charge is 0.343 e. The van der Waals surface area contributed by atoms with E-state index in [1.165, 1.54) is 4.57 Å². The molecule has 1 aliphatic rings. The number of nitrogens with one attached hydrogen (secondary N) is 2. The van der Waals surface area contributed by atoms with Crippen LogP contribution in [0.2, 0.25) is 0 Å². The molecule has 3 rings (SSSR count). The van der Waals surface area contributed by atoms with E-state index in [0.29, 0.717) is 25.5 Å². The Bertz CT molecular complexity index is 735. The fourth-order valence-electron chi connectivity index (χ4n) is 2.49. The van der Waals surface area contributed by atoms with Gasteiger partial charge in [-0.1, -0.05) is 12.1 Å². The van der Waals surface area contributed by atoms with Crippen LogP contribution in [-0.2, 0) is 22.6 Å². The van der Waals surface area contributed by atoms with Crippen molar-refractivity contribution in [1.82, 2.24) is 20.1 Å². The van der Waals surface area contributed by atoms with Gasteiger partial charge in [-0.15, -0.1) is 0 Å². The van der Waals surface area contributed by atoms with Gasteiger partial charge in [0.1, 0.15) is 11.9 Å². The SMILES string of the molecule is COc1ccc(CNC(=O)CC2OCCn3c2n[nH]c3=O)cc1. The molecule has 1 unspecified atom stereocenters. The maximum Gasteiger partial charge on any atom is 0.343 e. The van der Waals surface area contributed by atoms with Crippen LogP contribution in [0, 0.1) is 0 Å². The van der Waals surface area contributed by atoms with E-state index in [1.807, 2.05) is 24.3 Å². The molecule has 23 heavy (non-hydrogen) atoms. The van der Waals surface area contributed by atoms with Crippen LogP contribution < -0.4 is 15.7 Å². The van der Waals surface area contributed by atoms with E-state index in [9.17, 15) is 9.59 Å². The van der Waals surface area contributed by atoms with Gasteiger partial charge in [0.2, 0.25) is 5.91 Å². The Hall–Kier alpha value is -2.61. The van der Waals surface area contributed by atoms with Gasteiger partial charge < -0.3 is 14.8 Å². The minimum absolute atomic E-state index is 0.125. The van der Waals surface area contributed by atoms with Crippen molar-refractivity contribution in [1.29, 1.82) is 0 Å². The maximum absolute atomic E-state index is 12.1. The normalized spacial score (nSPS) is 16.7. The first kappa shape index (κ1) is 15.3. The molecule has 1 atom stereocenters. The molecular formula is C15H18N4O4. The fraction of sp³-hybridized carbons (Fsp3) is 0.400. The van der Waals surface area contributed by atoms with E-state index in [-0.39, 0.29) is 18.0 Å².